The Kier molecular flexibility index (Phi) is 6.01. The van der Waals surface area contributed by atoms with Crippen molar-refractivity contribution in [2.24, 2.45) is 0 Å². The second-order valence-electron chi connectivity index (χ2n) is 5.08. The molecule has 3 nitrogen and oxygen atoms in total. The zero-order valence-electron chi connectivity index (χ0n) is 13.2. The van der Waals surface area contributed by atoms with Gasteiger partial charge in [0.15, 0.2) is 5.78 Å². The van der Waals surface area contributed by atoms with Crippen molar-refractivity contribution < 1.29 is 14.3 Å². The van der Waals surface area contributed by atoms with Crippen molar-refractivity contribution in [2.75, 3.05) is 13.2 Å². The van der Waals surface area contributed by atoms with Crippen molar-refractivity contribution >= 4 is 5.78 Å². The van der Waals surface area contributed by atoms with Crippen LogP contribution in [0.1, 0.15) is 42.6 Å². The lowest BCUT2D eigenvalue weighted by molar-refractivity contribution is 0.103. The van der Waals surface area contributed by atoms with E-state index in [2.05, 4.69) is 13.8 Å². The van der Waals surface area contributed by atoms with Gasteiger partial charge in [0, 0.05) is 11.1 Å². The van der Waals surface area contributed by atoms with Gasteiger partial charge in [0.1, 0.15) is 11.5 Å². The standard InChI is InChI=1S/C19H22O3/c1-3-11-21-17-9-5-7-15(13-17)19(20)16-8-6-10-18(14-16)22-12-4-2/h5-10,13-14H,3-4,11-12H2,1-2H3. The van der Waals surface area contributed by atoms with Gasteiger partial charge in [-0.1, -0.05) is 38.1 Å². The molecule has 0 amide bonds. The Labute approximate surface area is 131 Å². The Balaban J connectivity index is 2.17. The van der Waals surface area contributed by atoms with Crippen LogP contribution >= 0.6 is 0 Å². The van der Waals surface area contributed by atoms with Crippen molar-refractivity contribution in [1.29, 1.82) is 0 Å². The van der Waals surface area contributed by atoms with Gasteiger partial charge in [-0.05, 0) is 37.1 Å². The Morgan fingerprint density at radius 1 is 0.818 bits per heavy atom. The third-order valence-corrected chi connectivity index (χ3v) is 3.14. The molecular formula is C19H22O3. The molecule has 0 spiro atoms. The van der Waals surface area contributed by atoms with E-state index >= 15 is 0 Å². The van der Waals surface area contributed by atoms with E-state index in [-0.39, 0.29) is 5.78 Å². The molecule has 0 radical (unpaired) electrons. The second kappa shape index (κ2) is 8.23. The van der Waals surface area contributed by atoms with Crippen LogP contribution in [0.5, 0.6) is 11.5 Å². The van der Waals surface area contributed by atoms with Gasteiger partial charge >= 0.3 is 0 Å². The molecule has 3 heteroatoms. The van der Waals surface area contributed by atoms with Gasteiger partial charge in [0.25, 0.3) is 0 Å². The summed E-state index contributed by atoms with van der Waals surface area (Å²) < 4.78 is 11.2. The zero-order valence-corrected chi connectivity index (χ0v) is 13.2. The fourth-order valence-corrected chi connectivity index (χ4v) is 2.06. The molecular weight excluding hydrogens is 276 g/mol. The van der Waals surface area contributed by atoms with E-state index in [0.29, 0.717) is 24.3 Å². The summed E-state index contributed by atoms with van der Waals surface area (Å²) in [6.07, 6.45) is 1.88. The van der Waals surface area contributed by atoms with Gasteiger partial charge in [-0.15, -0.1) is 0 Å². The predicted molar refractivity (Wildman–Crippen MR) is 87.9 cm³/mol. The molecule has 0 atom stereocenters. The highest BCUT2D eigenvalue weighted by Gasteiger charge is 2.11. The van der Waals surface area contributed by atoms with Crippen molar-refractivity contribution in [3.63, 3.8) is 0 Å². The molecule has 0 saturated carbocycles. The van der Waals surface area contributed by atoms with Crippen molar-refractivity contribution in [3.05, 3.63) is 59.7 Å². The summed E-state index contributed by atoms with van der Waals surface area (Å²) in [5, 5.41) is 0. The van der Waals surface area contributed by atoms with E-state index in [1.807, 2.05) is 24.3 Å². The fourth-order valence-electron chi connectivity index (χ4n) is 2.06. The Bertz CT molecular complexity index is 566. The van der Waals surface area contributed by atoms with Crippen molar-refractivity contribution in [1.82, 2.24) is 0 Å². The lowest BCUT2D eigenvalue weighted by Crippen LogP contribution is -2.03. The molecule has 0 aliphatic carbocycles. The Hall–Kier alpha value is -2.29. The first-order valence-electron chi connectivity index (χ1n) is 7.75. The minimum atomic E-state index is -0.0242. The summed E-state index contributed by atoms with van der Waals surface area (Å²) in [7, 11) is 0. The van der Waals surface area contributed by atoms with E-state index in [1.165, 1.54) is 0 Å². The van der Waals surface area contributed by atoms with E-state index in [1.54, 1.807) is 24.3 Å². The maximum absolute atomic E-state index is 12.6. The number of ether oxygens (including phenoxy) is 2. The van der Waals surface area contributed by atoms with Gasteiger partial charge < -0.3 is 9.47 Å². The minimum absolute atomic E-state index is 0.0242. The van der Waals surface area contributed by atoms with E-state index in [4.69, 9.17) is 9.47 Å². The molecule has 2 rings (SSSR count). The lowest BCUT2D eigenvalue weighted by atomic mass is 10.0. The van der Waals surface area contributed by atoms with E-state index in [9.17, 15) is 4.79 Å². The predicted octanol–water partition coefficient (Wildman–Crippen LogP) is 4.50. The lowest BCUT2D eigenvalue weighted by Gasteiger charge is -2.08. The van der Waals surface area contributed by atoms with Gasteiger partial charge in [-0.25, -0.2) is 0 Å². The monoisotopic (exact) mass is 298 g/mol. The average Bonchev–Trinajstić information content (AvgIpc) is 2.58. The molecule has 0 aliphatic heterocycles. The maximum Gasteiger partial charge on any atom is 0.193 e. The highest BCUT2D eigenvalue weighted by atomic mass is 16.5. The highest BCUT2D eigenvalue weighted by Crippen LogP contribution is 2.20. The SMILES string of the molecule is CCCOc1cccc(C(=O)c2cccc(OCCC)c2)c1. The molecule has 2 aromatic carbocycles. The van der Waals surface area contributed by atoms with Crippen LogP contribution in [-0.2, 0) is 0 Å². The number of carbonyl (C=O) groups is 1. The van der Waals surface area contributed by atoms with Crippen LogP contribution in [0.3, 0.4) is 0 Å². The summed E-state index contributed by atoms with van der Waals surface area (Å²) >= 11 is 0. The molecule has 2 aromatic rings. The average molecular weight is 298 g/mol. The molecule has 0 N–H and O–H groups in total. The van der Waals surface area contributed by atoms with Crippen LogP contribution in [0.15, 0.2) is 48.5 Å². The summed E-state index contributed by atoms with van der Waals surface area (Å²) in [4.78, 5) is 12.6. The first-order chi connectivity index (χ1) is 10.7. The van der Waals surface area contributed by atoms with Gasteiger partial charge in [0.05, 0.1) is 13.2 Å². The second-order valence-corrected chi connectivity index (χ2v) is 5.08. The number of hydrogen-bond donors (Lipinski definition) is 0. The maximum atomic E-state index is 12.6. The van der Waals surface area contributed by atoms with Crippen LogP contribution in [0, 0.1) is 0 Å². The fraction of sp³-hybridized carbons (Fsp3) is 0.316. The van der Waals surface area contributed by atoms with Crippen molar-refractivity contribution in [2.45, 2.75) is 26.7 Å². The van der Waals surface area contributed by atoms with E-state index in [0.717, 1.165) is 24.3 Å². The minimum Gasteiger partial charge on any atom is -0.494 e. The topological polar surface area (TPSA) is 35.5 Å². The van der Waals surface area contributed by atoms with Crippen LogP contribution in [0.4, 0.5) is 0 Å². The first-order valence-corrected chi connectivity index (χ1v) is 7.75. The summed E-state index contributed by atoms with van der Waals surface area (Å²) in [6, 6.07) is 14.6. The Morgan fingerprint density at radius 2 is 1.27 bits per heavy atom. The number of benzene rings is 2. The molecule has 116 valence electrons. The van der Waals surface area contributed by atoms with Crippen molar-refractivity contribution in [3.8, 4) is 11.5 Å². The molecule has 0 heterocycles. The normalized spacial score (nSPS) is 10.3. The number of ketones is 1. The van der Waals surface area contributed by atoms with Crippen LogP contribution < -0.4 is 9.47 Å². The summed E-state index contributed by atoms with van der Waals surface area (Å²) in [5.74, 6) is 1.43. The largest absolute Gasteiger partial charge is 0.494 e. The Morgan fingerprint density at radius 3 is 1.68 bits per heavy atom. The van der Waals surface area contributed by atoms with Gasteiger partial charge in [-0.3, -0.25) is 4.79 Å². The smallest absolute Gasteiger partial charge is 0.193 e. The molecule has 0 bridgehead atoms. The van der Waals surface area contributed by atoms with Crippen LogP contribution in [0.2, 0.25) is 0 Å². The molecule has 0 saturated heterocycles. The molecule has 0 fully saturated rings. The van der Waals surface area contributed by atoms with E-state index < -0.39 is 0 Å². The summed E-state index contributed by atoms with van der Waals surface area (Å²) in [6.45, 7) is 5.41. The first kappa shape index (κ1) is 16.1. The van der Waals surface area contributed by atoms with Gasteiger partial charge in [-0.2, -0.15) is 0 Å². The van der Waals surface area contributed by atoms with Crippen LogP contribution in [-0.4, -0.2) is 19.0 Å². The molecule has 22 heavy (non-hydrogen) atoms. The van der Waals surface area contributed by atoms with Crippen LogP contribution in [0.25, 0.3) is 0 Å². The molecule has 0 aliphatic rings. The van der Waals surface area contributed by atoms with Gasteiger partial charge in [0.2, 0.25) is 0 Å². The molecule has 0 unspecified atom stereocenters. The zero-order chi connectivity index (χ0) is 15.8. The third kappa shape index (κ3) is 4.35. The highest BCUT2D eigenvalue weighted by molar-refractivity contribution is 6.09. The number of rotatable bonds is 8. The summed E-state index contributed by atoms with van der Waals surface area (Å²) in [5.41, 5.74) is 1.25. The third-order valence-electron chi connectivity index (χ3n) is 3.14. The quantitative estimate of drug-likeness (QED) is 0.673. The number of hydrogen-bond acceptors (Lipinski definition) is 3. The molecule has 0 aromatic heterocycles. The number of carbonyl (C=O) groups excluding carboxylic acids is 1.